The first-order chi connectivity index (χ1) is 13.8. The lowest BCUT2D eigenvalue weighted by Gasteiger charge is -2.53. The van der Waals surface area contributed by atoms with E-state index in [-0.39, 0.29) is 13.0 Å². The molecular formula is C22H32N2O6. The molecule has 0 amide bonds. The van der Waals surface area contributed by atoms with Gasteiger partial charge in [0.25, 0.3) is 0 Å². The molecule has 5 N–H and O–H groups in total. The predicted molar refractivity (Wildman–Crippen MR) is 109 cm³/mol. The fourth-order valence-corrected chi connectivity index (χ4v) is 7.33. The number of fused-ring (bicyclic) bond motifs is 5. The van der Waals surface area contributed by atoms with Crippen molar-refractivity contribution in [2.75, 3.05) is 6.61 Å². The quantitative estimate of drug-likeness (QED) is 0.305. The number of nitrogens with zero attached hydrogens (tertiary/aromatic N) is 1. The van der Waals surface area contributed by atoms with Crippen LogP contribution in [0.2, 0.25) is 0 Å². The minimum atomic E-state index is -1.66. The van der Waals surface area contributed by atoms with E-state index in [9.17, 15) is 25.0 Å². The molecule has 0 heterocycles. The van der Waals surface area contributed by atoms with Gasteiger partial charge in [0.15, 0.2) is 0 Å². The van der Waals surface area contributed by atoms with Crippen LogP contribution in [0.3, 0.4) is 0 Å². The van der Waals surface area contributed by atoms with Crippen LogP contribution in [0.25, 0.3) is 0 Å². The summed E-state index contributed by atoms with van der Waals surface area (Å²) in [6.45, 7) is 8.41. The normalized spacial score (nSPS) is 50.8. The Balaban J connectivity index is 1.95. The Morgan fingerprint density at radius 3 is 2.47 bits per heavy atom. The van der Waals surface area contributed by atoms with Crippen molar-refractivity contribution in [2.24, 2.45) is 34.1 Å². The van der Waals surface area contributed by atoms with Crippen LogP contribution in [0.4, 0.5) is 0 Å². The Hall–Kier alpha value is -1.61. The molecule has 4 aliphatic carbocycles. The highest BCUT2D eigenvalue weighted by molar-refractivity contribution is 5.69. The van der Waals surface area contributed by atoms with E-state index < -0.39 is 57.5 Å². The number of nitroso groups, excluding NO2 is 1. The van der Waals surface area contributed by atoms with Crippen molar-refractivity contribution in [3.05, 3.63) is 28.2 Å². The number of rotatable bonds is 3. The molecule has 0 radical (unpaired) electrons. The van der Waals surface area contributed by atoms with Crippen LogP contribution in [0.5, 0.6) is 0 Å². The number of esters is 1. The Bertz CT molecular complexity index is 883. The number of ether oxygens (including phenoxy) is 1. The van der Waals surface area contributed by atoms with Crippen molar-refractivity contribution >= 4 is 5.97 Å². The molecule has 166 valence electrons. The fraction of sp³-hybridized carbons (Fsp3) is 0.773. The highest BCUT2D eigenvalue weighted by atomic mass is 16.6. The Morgan fingerprint density at radius 2 is 1.93 bits per heavy atom. The lowest BCUT2D eigenvalue weighted by Crippen LogP contribution is -2.67. The zero-order chi connectivity index (χ0) is 22.5. The highest BCUT2D eigenvalue weighted by Crippen LogP contribution is 2.77. The van der Waals surface area contributed by atoms with Gasteiger partial charge in [0.1, 0.15) is 17.2 Å². The number of nitrogens with two attached hydrogens (primary N) is 1. The summed E-state index contributed by atoms with van der Waals surface area (Å²) in [7, 11) is 0. The van der Waals surface area contributed by atoms with Crippen molar-refractivity contribution in [3.8, 4) is 0 Å². The summed E-state index contributed by atoms with van der Waals surface area (Å²) in [6, 6.07) is -1.02. The van der Waals surface area contributed by atoms with Gasteiger partial charge in [-0.3, -0.25) is 4.79 Å². The van der Waals surface area contributed by atoms with Gasteiger partial charge in [-0.1, -0.05) is 38.1 Å². The lowest BCUT2D eigenvalue weighted by atomic mass is 9.58. The monoisotopic (exact) mass is 420 g/mol. The zero-order valence-corrected chi connectivity index (χ0v) is 18.2. The van der Waals surface area contributed by atoms with Gasteiger partial charge in [-0.25, -0.2) is 0 Å². The lowest BCUT2D eigenvalue weighted by molar-refractivity contribution is -0.189. The standard InChI is InChI=1S/C22H32N2O6/c1-11-6-15-19(27,17(11)24-29)9-14(10-25)7-16-21(15,28)12(2)8-20(30-13(3)26)18(4,5)22(16,20)23/h6-7,12,15-17,25,27-28H,8-10,23H2,1-5H3/t12-,15?,16-,17?,19-,20-,21+,22+/m1/s1. The van der Waals surface area contributed by atoms with Crippen molar-refractivity contribution < 1.29 is 24.9 Å². The summed E-state index contributed by atoms with van der Waals surface area (Å²) in [5.41, 5.74) is 2.16. The van der Waals surface area contributed by atoms with E-state index in [1.807, 2.05) is 20.8 Å². The number of carbonyl (C=O) groups excluding carboxylic acids is 1. The third-order valence-corrected chi connectivity index (χ3v) is 8.93. The van der Waals surface area contributed by atoms with Gasteiger partial charge in [0.05, 0.1) is 17.7 Å². The summed E-state index contributed by atoms with van der Waals surface area (Å²) in [5.74, 6) is -2.37. The summed E-state index contributed by atoms with van der Waals surface area (Å²) in [4.78, 5) is 23.6. The summed E-state index contributed by atoms with van der Waals surface area (Å²) < 4.78 is 5.83. The van der Waals surface area contributed by atoms with E-state index in [4.69, 9.17) is 10.5 Å². The van der Waals surface area contributed by atoms with E-state index in [1.54, 1.807) is 19.1 Å². The molecule has 8 atom stereocenters. The van der Waals surface area contributed by atoms with E-state index in [1.165, 1.54) is 6.92 Å². The third-order valence-electron chi connectivity index (χ3n) is 8.93. The van der Waals surface area contributed by atoms with Crippen LogP contribution < -0.4 is 5.73 Å². The number of hydrogen-bond acceptors (Lipinski definition) is 8. The smallest absolute Gasteiger partial charge is 0.303 e. The van der Waals surface area contributed by atoms with Crippen molar-refractivity contribution in [1.29, 1.82) is 0 Å². The van der Waals surface area contributed by atoms with Gasteiger partial charge in [0.2, 0.25) is 0 Å². The van der Waals surface area contributed by atoms with Gasteiger partial charge >= 0.3 is 5.97 Å². The second-order valence-electron chi connectivity index (χ2n) is 10.4. The number of carbonyl (C=O) groups is 1. The van der Waals surface area contributed by atoms with Gasteiger partial charge < -0.3 is 25.8 Å². The molecule has 2 fully saturated rings. The molecule has 4 rings (SSSR count). The Kier molecular flexibility index (Phi) is 4.32. The maximum atomic E-state index is 12.3. The molecule has 0 saturated heterocycles. The molecule has 4 aliphatic rings. The molecule has 0 spiro atoms. The number of aliphatic hydroxyl groups excluding tert-OH is 1. The van der Waals surface area contributed by atoms with Gasteiger partial charge in [-0.05, 0) is 30.4 Å². The van der Waals surface area contributed by atoms with E-state index >= 15 is 0 Å². The molecule has 0 aromatic heterocycles. The van der Waals surface area contributed by atoms with Gasteiger partial charge in [-0.2, -0.15) is 4.91 Å². The minimum absolute atomic E-state index is 0.00101. The second kappa shape index (κ2) is 6.00. The van der Waals surface area contributed by atoms with Crippen molar-refractivity contribution in [3.63, 3.8) is 0 Å². The van der Waals surface area contributed by atoms with E-state index in [2.05, 4.69) is 5.18 Å². The first-order valence-electron chi connectivity index (χ1n) is 10.5. The molecule has 0 aromatic carbocycles. The molecule has 8 heteroatoms. The van der Waals surface area contributed by atoms with Crippen LogP contribution in [0.1, 0.15) is 47.5 Å². The van der Waals surface area contributed by atoms with Gasteiger partial charge in [-0.15, -0.1) is 0 Å². The molecule has 30 heavy (non-hydrogen) atoms. The maximum Gasteiger partial charge on any atom is 0.303 e. The van der Waals surface area contributed by atoms with Crippen LogP contribution >= 0.6 is 0 Å². The predicted octanol–water partition coefficient (Wildman–Crippen LogP) is 1.18. The van der Waals surface area contributed by atoms with E-state index in [0.29, 0.717) is 17.6 Å². The molecule has 0 bridgehead atoms. The number of aliphatic hydroxyl groups is 3. The maximum absolute atomic E-state index is 12.3. The van der Waals surface area contributed by atoms with Crippen LogP contribution in [-0.4, -0.2) is 56.3 Å². The average Bonchev–Trinajstić information content (AvgIpc) is 2.89. The second-order valence-corrected chi connectivity index (χ2v) is 10.4. The topological polar surface area (TPSA) is 142 Å². The minimum Gasteiger partial charge on any atom is -0.457 e. The first-order valence-corrected chi connectivity index (χ1v) is 10.5. The molecule has 0 aromatic rings. The van der Waals surface area contributed by atoms with Crippen LogP contribution in [0.15, 0.2) is 28.5 Å². The molecule has 0 aliphatic heterocycles. The molecule has 2 unspecified atom stereocenters. The summed E-state index contributed by atoms with van der Waals surface area (Å²) in [5, 5.41) is 37.1. The fourth-order valence-electron chi connectivity index (χ4n) is 7.33. The number of hydrogen-bond donors (Lipinski definition) is 4. The molecule has 2 saturated carbocycles. The molecule has 8 nitrogen and oxygen atoms in total. The van der Waals surface area contributed by atoms with Crippen LogP contribution in [0, 0.1) is 28.1 Å². The van der Waals surface area contributed by atoms with Crippen molar-refractivity contribution in [2.45, 2.75) is 75.8 Å². The zero-order valence-electron chi connectivity index (χ0n) is 18.2. The first kappa shape index (κ1) is 21.6. The third kappa shape index (κ3) is 2.08. The van der Waals surface area contributed by atoms with Crippen molar-refractivity contribution in [1.82, 2.24) is 0 Å². The van der Waals surface area contributed by atoms with Gasteiger partial charge in [0, 0.05) is 30.6 Å². The Labute approximate surface area is 176 Å². The largest absolute Gasteiger partial charge is 0.457 e. The Morgan fingerprint density at radius 1 is 1.30 bits per heavy atom. The van der Waals surface area contributed by atoms with E-state index in [0.717, 1.165) is 0 Å². The molecular weight excluding hydrogens is 388 g/mol. The highest BCUT2D eigenvalue weighted by Gasteiger charge is 2.91. The van der Waals surface area contributed by atoms with Crippen LogP contribution in [-0.2, 0) is 9.53 Å². The summed E-state index contributed by atoms with van der Waals surface area (Å²) >= 11 is 0. The summed E-state index contributed by atoms with van der Waals surface area (Å²) in [6.07, 6.45) is 3.80. The SMILES string of the molecule is CC(=O)O[C@@]12C[C@@H](C)[C@]3(O)C4C=C(C)C(N=O)[C@@]4(O)CC(CO)=C[C@H]3[C@]1(N)C2(C)C. The average molecular weight is 421 g/mol.